The zero-order valence-electron chi connectivity index (χ0n) is 12.0. The maximum atomic E-state index is 13.6. The van der Waals surface area contributed by atoms with Crippen LogP contribution >= 0.6 is 0 Å². The number of benzene rings is 1. The third-order valence-corrected chi connectivity index (χ3v) is 3.89. The molecule has 0 bridgehead atoms. The van der Waals surface area contributed by atoms with Crippen LogP contribution in [0.4, 0.5) is 4.39 Å². The molecule has 1 aliphatic heterocycles. The highest BCUT2D eigenvalue weighted by Crippen LogP contribution is 2.29. The zero-order chi connectivity index (χ0) is 14.9. The highest BCUT2D eigenvalue weighted by molar-refractivity contribution is 5.65. The number of hydrogen-bond donors (Lipinski definition) is 1. The summed E-state index contributed by atoms with van der Waals surface area (Å²) in [4.78, 5) is 4.39. The van der Waals surface area contributed by atoms with E-state index < -0.39 is 0 Å². The molecular weight excluding hydrogens is 279 g/mol. The van der Waals surface area contributed by atoms with Crippen LogP contribution in [-0.4, -0.2) is 21.3 Å². The summed E-state index contributed by atoms with van der Waals surface area (Å²) in [6, 6.07) is 12.3. The van der Waals surface area contributed by atoms with E-state index in [1.807, 2.05) is 28.9 Å². The highest BCUT2D eigenvalue weighted by Gasteiger charge is 2.22. The molecule has 5 heteroatoms. The lowest BCUT2D eigenvalue weighted by Crippen LogP contribution is -2.24. The SMILES string of the molecule is Fc1cccc(-c2nn(-c3ccccn3)c3c2CNCC3)c1. The van der Waals surface area contributed by atoms with E-state index in [0.717, 1.165) is 47.8 Å². The van der Waals surface area contributed by atoms with Gasteiger partial charge < -0.3 is 5.32 Å². The van der Waals surface area contributed by atoms with Crippen LogP contribution < -0.4 is 5.32 Å². The minimum Gasteiger partial charge on any atom is -0.312 e. The monoisotopic (exact) mass is 294 g/mol. The molecule has 2 aromatic heterocycles. The van der Waals surface area contributed by atoms with E-state index in [-0.39, 0.29) is 5.82 Å². The molecule has 0 spiro atoms. The van der Waals surface area contributed by atoms with Gasteiger partial charge in [-0.05, 0) is 24.3 Å². The predicted octanol–water partition coefficient (Wildman–Crippen LogP) is 2.72. The lowest BCUT2D eigenvalue weighted by atomic mass is 10.0. The van der Waals surface area contributed by atoms with E-state index in [0.29, 0.717) is 0 Å². The molecule has 110 valence electrons. The number of hydrogen-bond acceptors (Lipinski definition) is 3. The van der Waals surface area contributed by atoms with Gasteiger partial charge in [0.15, 0.2) is 5.82 Å². The second-order valence-corrected chi connectivity index (χ2v) is 5.31. The third kappa shape index (κ3) is 2.19. The number of nitrogens with zero attached hydrogens (tertiary/aromatic N) is 3. The summed E-state index contributed by atoms with van der Waals surface area (Å²) in [5.41, 5.74) is 3.90. The predicted molar refractivity (Wildman–Crippen MR) is 82.2 cm³/mol. The van der Waals surface area contributed by atoms with Crippen molar-refractivity contribution in [2.24, 2.45) is 0 Å². The van der Waals surface area contributed by atoms with E-state index in [1.165, 1.54) is 12.1 Å². The van der Waals surface area contributed by atoms with Crippen molar-refractivity contribution in [3.8, 4) is 17.1 Å². The number of nitrogens with one attached hydrogen (secondary N) is 1. The molecule has 1 N–H and O–H groups in total. The number of rotatable bonds is 2. The number of fused-ring (bicyclic) bond motifs is 1. The minimum atomic E-state index is -0.248. The van der Waals surface area contributed by atoms with Gasteiger partial charge in [0.05, 0.1) is 11.4 Å². The molecule has 0 unspecified atom stereocenters. The minimum absolute atomic E-state index is 0.248. The largest absolute Gasteiger partial charge is 0.312 e. The first kappa shape index (κ1) is 13.2. The van der Waals surface area contributed by atoms with Crippen LogP contribution in [-0.2, 0) is 13.0 Å². The Labute approximate surface area is 127 Å². The molecule has 0 saturated carbocycles. The molecule has 0 atom stereocenters. The second-order valence-electron chi connectivity index (χ2n) is 5.31. The Hall–Kier alpha value is -2.53. The van der Waals surface area contributed by atoms with E-state index in [1.54, 1.807) is 12.3 Å². The molecule has 0 saturated heterocycles. The van der Waals surface area contributed by atoms with Crippen LogP contribution in [0.1, 0.15) is 11.3 Å². The summed E-state index contributed by atoms with van der Waals surface area (Å²) < 4.78 is 15.4. The molecule has 0 amide bonds. The Morgan fingerprint density at radius 1 is 1.14 bits per heavy atom. The van der Waals surface area contributed by atoms with Crippen LogP contribution in [0.15, 0.2) is 48.7 Å². The molecule has 0 radical (unpaired) electrons. The van der Waals surface area contributed by atoms with Crippen molar-refractivity contribution in [1.82, 2.24) is 20.1 Å². The van der Waals surface area contributed by atoms with E-state index >= 15 is 0 Å². The molecule has 1 aromatic carbocycles. The van der Waals surface area contributed by atoms with Gasteiger partial charge in [0, 0.05) is 36.8 Å². The molecule has 3 aromatic rings. The molecule has 22 heavy (non-hydrogen) atoms. The van der Waals surface area contributed by atoms with Crippen LogP contribution in [0.25, 0.3) is 17.1 Å². The fourth-order valence-electron chi connectivity index (χ4n) is 2.88. The van der Waals surface area contributed by atoms with Gasteiger partial charge in [0.1, 0.15) is 5.82 Å². The molecule has 4 nitrogen and oxygen atoms in total. The van der Waals surface area contributed by atoms with Gasteiger partial charge in [0.25, 0.3) is 0 Å². The van der Waals surface area contributed by atoms with Crippen molar-refractivity contribution < 1.29 is 4.39 Å². The molecule has 3 heterocycles. The maximum Gasteiger partial charge on any atom is 0.153 e. The van der Waals surface area contributed by atoms with E-state index in [4.69, 9.17) is 5.10 Å². The molecule has 0 aliphatic carbocycles. The van der Waals surface area contributed by atoms with E-state index in [9.17, 15) is 4.39 Å². The fourth-order valence-corrected chi connectivity index (χ4v) is 2.88. The van der Waals surface area contributed by atoms with Crippen molar-refractivity contribution in [2.45, 2.75) is 13.0 Å². The Morgan fingerprint density at radius 3 is 2.91 bits per heavy atom. The van der Waals surface area contributed by atoms with Crippen molar-refractivity contribution in [3.05, 3.63) is 65.7 Å². The lowest BCUT2D eigenvalue weighted by Gasteiger charge is -2.15. The van der Waals surface area contributed by atoms with Gasteiger partial charge in [-0.2, -0.15) is 5.10 Å². The first-order valence-electron chi connectivity index (χ1n) is 7.32. The van der Waals surface area contributed by atoms with E-state index in [2.05, 4.69) is 10.3 Å². The van der Waals surface area contributed by atoms with Crippen LogP contribution in [0, 0.1) is 5.82 Å². The first-order valence-corrected chi connectivity index (χ1v) is 7.32. The summed E-state index contributed by atoms with van der Waals surface area (Å²) >= 11 is 0. The van der Waals surface area contributed by atoms with Crippen LogP contribution in [0.5, 0.6) is 0 Å². The van der Waals surface area contributed by atoms with Crippen LogP contribution in [0.3, 0.4) is 0 Å². The van der Waals surface area contributed by atoms with Crippen molar-refractivity contribution in [1.29, 1.82) is 0 Å². The average molecular weight is 294 g/mol. The second kappa shape index (κ2) is 5.35. The normalized spacial score (nSPS) is 13.9. The Bertz CT molecular complexity index is 811. The third-order valence-electron chi connectivity index (χ3n) is 3.89. The average Bonchev–Trinajstić information content (AvgIpc) is 2.95. The Balaban J connectivity index is 1.91. The summed E-state index contributed by atoms with van der Waals surface area (Å²) in [5, 5.41) is 8.08. The van der Waals surface area contributed by atoms with Gasteiger partial charge in [-0.15, -0.1) is 0 Å². The number of halogens is 1. The van der Waals surface area contributed by atoms with Crippen LogP contribution in [0.2, 0.25) is 0 Å². The Kier molecular flexibility index (Phi) is 3.20. The maximum absolute atomic E-state index is 13.6. The van der Waals surface area contributed by atoms with Crippen molar-refractivity contribution >= 4 is 0 Å². The van der Waals surface area contributed by atoms with Crippen molar-refractivity contribution in [3.63, 3.8) is 0 Å². The van der Waals surface area contributed by atoms with Crippen molar-refractivity contribution in [2.75, 3.05) is 6.54 Å². The highest BCUT2D eigenvalue weighted by atomic mass is 19.1. The molecule has 1 aliphatic rings. The smallest absolute Gasteiger partial charge is 0.153 e. The standard InChI is InChI=1S/C17H15FN4/c18-13-5-3-4-12(10-13)17-14-11-19-9-7-15(14)22(21-17)16-6-1-2-8-20-16/h1-6,8,10,19H,7,9,11H2. The summed E-state index contributed by atoms with van der Waals surface area (Å²) in [7, 11) is 0. The van der Waals surface area contributed by atoms with Gasteiger partial charge >= 0.3 is 0 Å². The molecule has 0 fully saturated rings. The van der Waals surface area contributed by atoms with Gasteiger partial charge in [0.2, 0.25) is 0 Å². The molecular formula is C17H15FN4. The summed E-state index contributed by atoms with van der Waals surface area (Å²) in [6.07, 6.45) is 2.64. The van der Waals surface area contributed by atoms with Gasteiger partial charge in [-0.3, -0.25) is 0 Å². The fraction of sp³-hybridized carbons (Fsp3) is 0.176. The number of aromatic nitrogens is 3. The first-order chi connectivity index (χ1) is 10.8. The Morgan fingerprint density at radius 2 is 2.09 bits per heavy atom. The molecule has 4 rings (SSSR count). The zero-order valence-corrected chi connectivity index (χ0v) is 12.0. The summed E-state index contributed by atoms with van der Waals surface area (Å²) in [5.74, 6) is 0.547. The topological polar surface area (TPSA) is 42.7 Å². The number of pyridine rings is 1. The summed E-state index contributed by atoms with van der Waals surface area (Å²) in [6.45, 7) is 1.65. The lowest BCUT2D eigenvalue weighted by molar-refractivity contribution is 0.620. The van der Waals surface area contributed by atoms with Gasteiger partial charge in [-0.25, -0.2) is 14.1 Å². The quantitative estimate of drug-likeness (QED) is 0.790. The van der Waals surface area contributed by atoms with Gasteiger partial charge in [-0.1, -0.05) is 18.2 Å².